The molecule has 1 heterocycles. The second-order valence-corrected chi connectivity index (χ2v) is 6.82. The second-order valence-electron chi connectivity index (χ2n) is 6.82. The van der Waals surface area contributed by atoms with E-state index in [9.17, 15) is 19.2 Å². The van der Waals surface area contributed by atoms with Crippen molar-refractivity contribution in [3.8, 4) is 0 Å². The Morgan fingerprint density at radius 3 is 2.50 bits per heavy atom. The average Bonchev–Trinajstić information content (AvgIpc) is 3.26. The molecular formula is C16H23N3O5. The molecular weight excluding hydrogens is 314 g/mol. The molecule has 3 rings (SSSR count). The van der Waals surface area contributed by atoms with Crippen LogP contribution in [-0.4, -0.2) is 53.4 Å². The number of ether oxygens (including phenoxy) is 1. The fourth-order valence-electron chi connectivity index (χ4n) is 3.80. The van der Waals surface area contributed by atoms with Crippen LogP contribution in [0.2, 0.25) is 0 Å². The maximum atomic E-state index is 12.4. The fourth-order valence-corrected chi connectivity index (χ4v) is 3.80. The van der Waals surface area contributed by atoms with Crippen molar-refractivity contribution in [2.24, 2.45) is 0 Å². The third-order valence-electron chi connectivity index (χ3n) is 5.07. The lowest BCUT2D eigenvalue weighted by Gasteiger charge is -2.19. The molecule has 1 saturated heterocycles. The van der Waals surface area contributed by atoms with Gasteiger partial charge in [0.2, 0.25) is 0 Å². The van der Waals surface area contributed by atoms with Crippen molar-refractivity contribution >= 4 is 23.8 Å². The molecule has 8 heteroatoms. The van der Waals surface area contributed by atoms with Crippen LogP contribution in [-0.2, 0) is 19.1 Å². The highest BCUT2D eigenvalue weighted by Gasteiger charge is 2.52. The first kappa shape index (κ1) is 16.7. The van der Waals surface area contributed by atoms with Gasteiger partial charge in [-0.15, -0.1) is 0 Å². The SMILES string of the molecule is O=C(COC(=O)CN1C(=O)NC2(CCCC2)C1=O)NC1CCCC1. The van der Waals surface area contributed by atoms with E-state index in [1.54, 1.807) is 0 Å². The Bertz CT molecular complexity index is 550. The largest absolute Gasteiger partial charge is 0.454 e. The standard InChI is InChI=1S/C16H23N3O5/c20-12(17-11-5-1-2-6-11)10-24-13(21)9-19-14(22)16(18-15(19)23)7-3-4-8-16/h11H,1-10H2,(H,17,20)(H,18,23). The number of imide groups is 1. The number of amides is 4. The summed E-state index contributed by atoms with van der Waals surface area (Å²) in [5.74, 6) is -1.47. The highest BCUT2D eigenvalue weighted by Crippen LogP contribution is 2.34. The fraction of sp³-hybridized carbons (Fsp3) is 0.750. The smallest absolute Gasteiger partial charge is 0.326 e. The quantitative estimate of drug-likeness (QED) is 0.560. The number of nitrogens with one attached hydrogen (secondary N) is 2. The number of carbonyl (C=O) groups excluding carboxylic acids is 4. The van der Waals surface area contributed by atoms with E-state index in [2.05, 4.69) is 10.6 Å². The van der Waals surface area contributed by atoms with E-state index in [1.807, 2.05) is 0 Å². The molecule has 0 aromatic rings. The maximum Gasteiger partial charge on any atom is 0.326 e. The molecule has 0 radical (unpaired) electrons. The van der Waals surface area contributed by atoms with Crippen molar-refractivity contribution in [3.05, 3.63) is 0 Å². The average molecular weight is 337 g/mol. The summed E-state index contributed by atoms with van der Waals surface area (Å²) in [5.41, 5.74) is -0.836. The Balaban J connectivity index is 1.45. The van der Waals surface area contributed by atoms with Gasteiger partial charge >= 0.3 is 12.0 Å². The topological polar surface area (TPSA) is 105 Å². The van der Waals surface area contributed by atoms with Gasteiger partial charge in [0.15, 0.2) is 6.61 Å². The first-order valence-corrected chi connectivity index (χ1v) is 8.59. The Hall–Kier alpha value is -2.12. The summed E-state index contributed by atoms with van der Waals surface area (Å²) in [4.78, 5) is 48.8. The Morgan fingerprint density at radius 2 is 1.83 bits per heavy atom. The van der Waals surface area contributed by atoms with Gasteiger partial charge in [0.25, 0.3) is 11.8 Å². The maximum absolute atomic E-state index is 12.4. The number of esters is 1. The van der Waals surface area contributed by atoms with E-state index in [-0.39, 0.29) is 24.5 Å². The molecule has 8 nitrogen and oxygen atoms in total. The normalized spacial score (nSPS) is 22.9. The van der Waals surface area contributed by atoms with Crippen molar-refractivity contribution in [2.75, 3.05) is 13.2 Å². The number of hydrogen-bond acceptors (Lipinski definition) is 5. The molecule has 1 aliphatic heterocycles. The van der Waals surface area contributed by atoms with Crippen LogP contribution >= 0.6 is 0 Å². The molecule has 2 saturated carbocycles. The van der Waals surface area contributed by atoms with Crippen LogP contribution in [0.1, 0.15) is 51.4 Å². The minimum atomic E-state index is -0.836. The minimum Gasteiger partial charge on any atom is -0.454 e. The van der Waals surface area contributed by atoms with Crippen molar-refractivity contribution in [2.45, 2.75) is 62.9 Å². The van der Waals surface area contributed by atoms with Gasteiger partial charge in [0, 0.05) is 6.04 Å². The third kappa shape index (κ3) is 3.37. The van der Waals surface area contributed by atoms with Gasteiger partial charge in [-0.25, -0.2) is 4.79 Å². The van der Waals surface area contributed by atoms with Gasteiger partial charge in [-0.2, -0.15) is 0 Å². The van der Waals surface area contributed by atoms with Crippen LogP contribution in [0, 0.1) is 0 Å². The Morgan fingerprint density at radius 1 is 1.17 bits per heavy atom. The Labute approximate surface area is 140 Å². The number of urea groups is 1. The second kappa shape index (κ2) is 6.78. The lowest BCUT2D eigenvalue weighted by atomic mass is 9.98. The summed E-state index contributed by atoms with van der Waals surface area (Å²) in [6.07, 6.45) is 7.06. The molecule has 0 aromatic heterocycles. The van der Waals surface area contributed by atoms with E-state index < -0.39 is 24.1 Å². The highest BCUT2D eigenvalue weighted by molar-refractivity contribution is 6.08. The molecule has 2 N–H and O–H groups in total. The van der Waals surface area contributed by atoms with Crippen LogP contribution in [0.15, 0.2) is 0 Å². The monoisotopic (exact) mass is 337 g/mol. The zero-order chi connectivity index (χ0) is 17.2. The molecule has 4 amide bonds. The van der Waals surface area contributed by atoms with Gasteiger partial charge in [0.05, 0.1) is 0 Å². The van der Waals surface area contributed by atoms with Crippen molar-refractivity contribution in [1.82, 2.24) is 15.5 Å². The van der Waals surface area contributed by atoms with Crippen LogP contribution < -0.4 is 10.6 Å². The van der Waals surface area contributed by atoms with Crippen LogP contribution in [0.25, 0.3) is 0 Å². The van der Waals surface area contributed by atoms with Crippen molar-refractivity contribution in [3.63, 3.8) is 0 Å². The van der Waals surface area contributed by atoms with Gasteiger partial charge in [0.1, 0.15) is 12.1 Å². The zero-order valence-electron chi connectivity index (χ0n) is 13.6. The minimum absolute atomic E-state index is 0.157. The van der Waals surface area contributed by atoms with Crippen LogP contribution in [0.4, 0.5) is 4.79 Å². The molecule has 0 unspecified atom stereocenters. The summed E-state index contributed by atoms with van der Waals surface area (Å²) in [6, 6.07) is -0.404. The lowest BCUT2D eigenvalue weighted by molar-refractivity contribution is -0.151. The van der Waals surface area contributed by atoms with E-state index in [0.717, 1.165) is 43.4 Å². The molecule has 0 aromatic carbocycles. The molecule has 2 aliphatic carbocycles. The number of rotatable bonds is 5. The Kier molecular flexibility index (Phi) is 4.73. The summed E-state index contributed by atoms with van der Waals surface area (Å²) in [7, 11) is 0. The lowest BCUT2D eigenvalue weighted by Crippen LogP contribution is -2.44. The predicted molar refractivity (Wildman–Crippen MR) is 82.8 cm³/mol. The van der Waals surface area contributed by atoms with Crippen LogP contribution in [0.3, 0.4) is 0 Å². The predicted octanol–water partition coefficient (Wildman–Crippen LogP) is 0.453. The first-order valence-electron chi connectivity index (χ1n) is 8.59. The van der Waals surface area contributed by atoms with E-state index in [4.69, 9.17) is 4.74 Å². The van der Waals surface area contributed by atoms with E-state index in [0.29, 0.717) is 12.8 Å². The molecule has 1 spiro atoms. The summed E-state index contributed by atoms with van der Waals surface area (Å²) in [5, 5.41) is 5.51. The highest BCUT2D eigenvalue weighted by atomic mass is 16.5. The van der Waals surface area contributed by atoms with Gasteiger partial charge < -0.3 is 15.4 Å². The van der Waals surface area contributed by atoms with Crippen molar-refractivity contribution < 1.29 is 23.9 Å². The summed E-state index contributed by atoms with van der Waals surface area (Å²) < 4.78 is 4.90. The molecule has 0 atom stereocenters. The van der Waals surface area contributed by atoms with Crippen molar-refractivity contribution in [1.29, 1.82) is 0 Å². The van der Waals surface area contributed by atoms with Gasteiger partial charge in [-0.1, -0.05) is 25.7 Å². The molecule has 3 fully saturated rings. The van der Waals surface area contributed by atoms with Gasteiger partial charge in [-0.05, 0) is 25.7 Å². The van der Waals surface area contributed by atoms with Crippen LogP contribution in [0.5, 0.6) is 0 Å². The van der Waals surface area contributed by atoms with Gasteiger partial charge in [-0.3, -0.25) is 19.3 Å². The summed E-state index contributed by atoms with van der Waals surface area (Å²) >= 11 is 0. The van der Waals surface area contributed by atoms with E-state index >= 15 is 0 Å². The van der Waals surface area contributed by atoms with E-state index in [1.165, 1.54) is 0 Å². The number of nitrogens with zero attached hydrogens (tertiary/aromatic N) is 1. The number of hydrogen-bond donors (Lipinski definition) is 2. The number of carbonyl (C=O) groups is 4. The molecule has 3 aliphatic rings. The molecule has 24 heavy (non-hydrogen) atoms. The molecule has 132 valence electrons. The summed E-state index contributed by atoms with van der Waals surface area (Å²) in [6.45, 7) is -0.840. The molecule has 0 bridgehead atoms. The first-order chi connectivity index (χ1) is 11.5. The zero-order valence-corrected chi connectivity index (χ0v) is 13.6. The third-order valence-corrected chi connectivity index (χ3v) is 5.07.